The number of amides is 1. The molecule has 1 aliphatic rings. The number of aliphatic hydroxyl groups is 3. The second kappa shape index (κ2) is 18.2. The molecular formula is C30H46N2O5S. The predicted octanol–water partition coefficient (Wildman–Crippen LogP) is 5.03. The molecule has 0 aliphatic heterocycles. The number of aliphatic hydroxyl groups excluding tert-OH is 3. The van der Waals surface area contributed by atoms with Crippen LogP contribution in [0.5, 0.6) is 0 Å². The topological polar surface area (TPSA) is 102 Å². The van der Waals surface area contributed by atoms with Crippen molar-refractivity contribution in [2.75, 3.05) is 26.8 Å². The summed E-state index contributed by atoms with van der Waals surface area (Å²) in [7, 11) is 1.32. The first-order chi connectivity index (χ1) is 18.3. The SMILES string of the molecule is COC(=O)NC(Cc1ccccc1)[C@@H](O)CN(CC(C)C)Sc1ccc(CO)cc1.OCCC1CCCC1. The maximum absolute atomic E-state index is 11.8. The van der Waals surface area contributed by atoms with E-state index in [4.69, 9.17) is 9.84 Å². The van der Waals surface area contributed by atoms with Crippen LogP contribution in [0.25, 0.3) is 0 Å². The van der Waals surface area contributed by atoms with E-state index < -0.39 is 18.2 Å². The summed E-state index contributed by atoms with van der Waals surface area (Å²) < 4.78 is 6.87. The molecule has 0 radical (unpaired) electrons. The Morgan fingerprint density at radius 1 is 1.03 bits per heavy atom. The molecule has 4 N–H and O–H groups in total. The molecule has 1 aliphatic carbocycles. The van der Waals surface area contributed by atoms with Crippen LogP contribution >= 0.6 is 11.9 Å². The van der Waals surface area contributed by atoms with Gasteiger partial charge in [-0.05, 0) is 59.9 Å². The van der Waals surface area contributed by atoms with Gasteiger partial charge >= 0.3 is 6.09 Å². The van der Waals surface area contributed by atoms with Gasteiger partial charge in [-0.3, -0.25) is 0 Å². The smallest absolute Gasteiger partial charge is 0.407 e. The highest BCUT2D eigenvalue weighted by molar-refractivity contribution is 7.97. The van der Waals surface area contributed by atoms with Crippen molar-refractivity contribution in [3.05, 3.63) is 65.7 Å². The number of alkyl carbamates (subject to hydrolysis) is 1. The van der Waals surface area contributed by atoms with Gasteiger partial charge in [0.15, 0.2) is 0 Å². The van der Waals surface area contributed by atoms with E-state index >= 15 is 0 Å². The van der Waals surface area contributed by atoms with Crippen LogP contribution in [0.4, 0.5) is 4.79 Å². The Hall–Kier alpha value is -2.10. The van der Waals surface area contributed by atoms with E-state index in [0.29, 0.717) is 25.5 Å². The molecule has 0 spiro atoms. The first-order valence-electron chi connectivity index (χ1n) is 13.6. The Kier molecular flexibility index (Phi) is 15.4. The van der Waals surface area contributed by atoms with Crippen molar-refractivity contribution in [1.82, 2.24) is 9.62 Å². The summed E-state index contributed by atoms with van der Waals surface area (Å²) in [4.78, 5) is 12.9. The Morgan fingerprint density at radius 3 is 2.24 bits per heavy atom. The zero-order valence-corrected chi connectivity index (χ0v) is 23.9. The minimum Gasteiger partial charge on any atom is -0.453 e. The molecule has 0 heterocycles. The van der Waals surface area contributed by atoms with Crippen molar-refractivity contribution in [1.29, 1.82) is 0 Å². The third-order valence-corrected chi connectivity index (χ3v) is 7.60. The molecule has 0 bridgehead atoms. The Morgan fingerprint density at radius 2 is 1.68 bits per heavy atom. The molecule has 38 heavy (non-hydrogen) atoms. The van der Waals surface area contributed by atoms with E-state index in [9.17, 15) is 15.0 Å². The summed E-state index contributed by atoms with van der Waals surface area (Å²) >= 11 is 1.56. The molecule has 1 fully saturated rings. The first-order valence-corrected chi connectivity index (χ1v) is 14.4. The molecule has 8 heteroatoms. The molecular weight excluding hydrogens is 500 g/mol. The monoisotopic (exact) mass is 546 g/mol. The number of nitrogens with one attached hydrogen (secondary N) is 1. The van der Waals surface area contributed by atoms with Crippen molar-refractivity contribution in [3.8, 4) is 0 Å². The van der Waals surface area contributed by atoms with Gasteiger partial charge in [0.25, 0.3) is 0 Å². The number of rotatable bonds is 13. The van der Waals surface area contributed by atoms with Crippen molar-refractivity contribution in [3.63, 3.8) is 0 Å². The van der Waals surface area contributed by atoms with Gasteiger partial charge in [-0.1, -0.05) is 82.0 Å². The average molecular weight is 547 g/mol. The van der Waals surface area contributed by atoms with Gasteiger partial charge < -0.3 is 25.4 Å². The van der Waals surface area contributed by atoms with Crippen LogP contribution in [0.2, 0.25) is 0 Å². The van der Waals surface area contributed by atoms with Crippen LogP contribution in [0.15, 0.2) is 59.5 Å². The highest BCUT2D eigenvalue weighted by atomic mass is 32.2. The van der Waals surface area contributed by atoms with Crippen molar-refractivity contribution in [2.45, 2.75) is 76.0 Å². The molecule has 1 unspecified atom stereocenters. The molecule has 2 aromatic rings. The summed E-state index contributed by atoms with van der Waals surface area (Å²) in [6.45, 7) is 5.82. The van der Waals surface area contributed by atoms with E-state index in [2.05, 4.69) is 23.5 Å². The standard InChI is InChI=1S/C23H32N2O4S.C7H14O/c1-17(2)14-25(30-20-11-9-19(16-26)10-12-20)15-22(27)21(24-23(28)29-3)13-18-7-5-4-6-8-18;8-6-5-7-3-1-2-4-7/h4-12,17,21-22,26-27H,13-16H2,1-3H3,(H,24,28);7-8H,1-6H2/t21?,22-;/m0./s1. The van der Waals surface area contributed by atoms with E-state index in [1.54, 1.807) is 11.9 Å². The van der Waals surface area contributed by atoms with Gasteiger partial charge in [-0.15, -0.1) is 0 Å². The summed E-state index contributed by atoms with van der Waals surface area (Å²) in [5.41, 5.74) is 1.89. The van der Waals surface area contributed by atoms with E-state index in [1.807, 2.05) is 54.6 Å². The van der Waals surface area contributed by atoms with Crippen LogP contribution in [0, 0.1) is 11.8 Å². The second-order valence-corrected chi connectivity index (χ2v) is 11.5. The van der Waals surface area contributed by atoms with Gasteiger partial charge in [0.2, 0.25) is 0 Å². The number of benzene rings is 2. The zero-order valence-electron chi connectivity index (χ0n) is 23.1. The molecule has 2 atom stereocenters. The molecule has 0 aromatic heterocycles. The summed E-state index contributed by atoms with van der Waals surface area (Å²) in [6.07, 6.45) is 5.71. The van der Waals surface area contributed by atoms with E-state index in [1.165, 1.54) is 32.8 Å². The molecule has 1 saturated carbocycles. The summed E-state index contributed by atoms with van der Waals surface area (Å²) in [6, 6.07) is 17.0. The fourth-order valence-corrected chi connectivity index (χ4v) is 5.70. The van der Waals surface area contributed by atoms with Gasteiger partial charge in [-0.25, -0.2) is 9.10 Å². The molecule has 2 aromatic carbocycles. The van der Waals surface area contributed by atoms with Crippen molar-refractivity contribution in [2.24, 2.45) is 11.8 Å². The van der Waals surface area contributed by atoms with E-state index in [-0.39, 0.29) is 6.61 Å². The third kappa shape index (κ3) is 12.6. The maximum atomic E-state index is 11.8. The van der Waals surface area contributed by atoms with Crippen molar-refractivity contribution < 1.29 is 24.9 Å². The Bertz CT molecular complexity index is 891. The normalized spacial score (nSPS) is 15.2. The molecule has 3 rings (SSSR count). The predicted molar refractivity (Wildman–Crippen MR) is 154 cm³/mol. The minimum absolute atomic E-state index is 0.0136. The lowest BCUT2D eigenvalue weighted by Gasteiger charge is -2.30. The third-order valence-electron chi connectivity index (χ3n) is 6.56. The summed E-state index contributed by atoms with van der Waals surface area (Å²) in [5.74, 6) is 1.27. The zero-order chi connectivity index (χ0) is 27.8. The molecule has 1 amide bonds. The number of hydrogen-bond acceptors (Lipinski definition) is 7. The lowest BCUT2D eigenvalue weighted by atomic mass is 10.0. The van der Waals surface area contributed by atoms with Crippen molar-refractivity contribution >= 4 is 18.0 Å². The second-order valence-electron chi connectivity index (χ2n) is 10.3. The fourth-order valence-electron chi connectivity index (χ4n) is 4.54. The number of ether oxygens (including phenoxy) is 1. The highest BCUT2D eigenvalue weighted by Crippen LogP contribution is 2.27. The fraction of sp³-hybridized carbons (Fsp3) is 0.567. The number of nitrogens with zero attached hydrogens (tertiary/aromatic N) is 1. The molecule has 212 valence electrons. The maximum Gasteiger partial charge on any atom is 0.407 e. The van der Waals surface area contributed by atoms with E-state index in [0.717, 1.165) is 34.9 Å². The van der Waals surface area contributed by atoms with Gasteiger partial charge in [-0.2, -0.15) is 0 Å². The number of carbonyl (C=O) groups excluding carboxylic acids is 1. The van der Waals surface area contributed by atoms with Crippen LogP contribution < -0.4 is 5.32 Å². The highest BCUT2D eigenvalue weighted by Gasteiger charge is 2.25. The molecule has 7 nitrogen and oxygen atoms in total. The number of methoxy groups -OCH3 is 1. The van der Waals surface area contributed by atoms with Gasteiger partial charge in [0.1, 0.15) is 0 Å². The van der Waals surface area contributed by atoms with Crippen LogP contribution in [0.1, 0.15) is 57.1 Å². The first kappa shape index (κ1) is 32.1. The van der Waals surface area contributed by atoms with Crippen LogP contribution in [-0.2, 0) is 17.8 Å². The lowest BCUT2D eigenvalue weighted by molar-refractivity contribution is 0.0968. The average Bonchev–Trinajstić information content (AvgIpc) is 3.43. The Balaban J connectivity index is 0.000000538. The van der Waals surface area contributed by atoms with Gasteiger partial charge in [0.05, 0.1) is 25.9 Å². The lowest BCUT2D eigenvalue weighted by Crippen LogP contribution is -2.49. The van der Waals surface area contributed by atoms with Crippen LogP contribution in [-0.4, -0.2) is 64.7 Å². The number of carbonyl (C=O) groups is 1. The Labute approximate surface area is 232 Å². The largest absolute Gasteiger partial charge is 0.453 e. The minimum atomic E-state index is -0.785. The molecule has 0 saturated heterocycles. The summed E-state index contributed by atoms with van der Waals surface area (Å²) in [5, 5.41) is 31.5. The van der Waals surface area contributed by atoms with Gasteiger partial charge in [0, 0.05) is 24.6 Å². The number of hydrogen-bond donors (Lipinski definition) is 4. The quantitative estimate of drug-likeness (QED) is 0.261. The van der Waals surface area contributed by atoms with Crippen LogP contribution in [0.3, 0.4) is 0 Å².